The molecule has 0 unspecified atom stereocenters. The molecular weight excluding hydrogens is 290 g/mol. The molecule has 1 aromatic carbocycles. The Morgan fingerprint density at radius 2 is 1.26 bits per heavy atom. The van der Waals surface area contributed by atoms with Gasteiger partial charge in [-0.25, -0.2) is 8.78 Å². The van der Waals surface area contributed by atoms with Crippen molar-refractivity contribution in [1.29, 1.82) is 0 Å². The molecule has 3 rings (SSSR count). The fourth-order valence-corrected chi connectivity index (χ4v) is 4.45. The van der Waals surface area contributed by atoms with E-state index in [4.69, 9.17) is 0 Å². The largest absolute Gasteiger partial charge is 0.204 e. The van der Waals surface area contributed by atoms with Gasteiger partial charge in [0.15, 0.2) is 11.6 Å². The van der Waals surface area contributed by atoms with Crippen molar-refractivity contribution in [2.24, 2.45) is 17.8 Å². The van der Waals surface area contributed by atoms with E-state index in [2.05, 4.69) is 6.92 Å². The van der Waals surface area contributed by atoms with Crippen LogP contribution in [0.4, 0.5) is 8.78 Å². The molecule has 0 radical (unpaired) electrons. The van der Waals surface area contributed by atoms with Crippen molar-refractivity contribution in [1.82, 2.24) is 0 Å². The van der Waals surface area contributed by atoms with Gasteiger partial charge in [-0.1, -0.05) is 39.7 Å². The van der Waals surface area contributed by atoms with Gasteiger partial charge in [-0.05, 0) is 79.9 Å². The molecule has 0 aromatic heterocycles. The standard InChI is InChI=1S/C19H26F2.C2H6/c1-13-2-4-14(5-3-13)15-6-8-16(9-7-15)17-10-11-18(20)19(21)12-17;1-2/h10-16H,2-9H2,1H3;1-2H3. The Hall–Kier alpha value is -0.920. The smallest absolute Gasteiger partial charge is 0.159 e. The van der Waals surface area contributed by atoms with Crippen molar-refractivity contribution in [3.8, 4) is 0 Å². The van der Waals surface area contributed by atoms with Gasteiger partial charge < -0.3 is 0 Å². The van der Waals surface area contributed by atoms with E-state index in [1.54, 1.807) is 6.07 Å². The average molecular weight is 322 g/mol. The second-order valence-corrected chi connectivity index (χ2v) is 7.31. The maximum Gasteiger partial charge on any atom is 0.159 e. The quantitative estimate of drug-likeness (QED) is 0.545. The fraction of sp³-hybridized carbons (Fsp3) is 0.714. The molecule has 2 aliphatic carbocycles. The van der Waals surface area contributed by atoms with Crippen LogP contribution in [0.2, 0.25) is 0 Å². The molecule has 0 atom stereocenters. The van der Waals surface area contributed by atoms with Gasteiger partial charge in [0, 0.05) is 0 Å². The Morgan fingerprint density at radius 3 is 1.78 bits per heavy atom. The Bertz CT molecular complexity index is 467. The predicted octanol–water partition coefficient (Wildman–Crippen LogP) is 7.09. The molecule has 0 heterocycles. The first-order chi connectivity index (χ1) is 11.1. The summed E-state index contributed by atoms with van der Waals surface area (Å²) in [4.78, 5) is 0. The van der Waals surface area contributed by atoms with Crippen molar-refractivity contribution in [3.63, 3.8) is 0 Å². The van der Waals surface area contributed by atoms with E-state index < -0.39 is 11.6 Å². The maximum absolute atomic E-state index is 13.4. The summed E-state index contributed by atoms with van der Waals surface area (Å²) in [7, 11) is 0. The summed E-state index contributed by atoms with van der Waals surface area (Å²) in [6.45, 7) is 6.37. The van der Waals surface area contributed by atoms with Crippen LogP contribution in [0, 0.1) is 29.4 Å². The molecular formula is C21H32F2. The van der Waals surface area contributed by atoms with Gasteiger partial charge in [-0.15, -0.1) is 0 Å². The summed E-state index contributed by atoms with van der Waals surface area (Å²) in [6, 6.07) is 4.45. The van der Waals surface area contributed by atoms with E-state index in [0.29, 0.717) is 5.92 Å². The van der Waals surface area contributed by atoms with Crippen LogP contribution in [0.25, 0.3) is 0 Å². The molecule has 0 saturated heterocycles. The third-order valence-electron chi connectivity index (χ3n) is 5.91. The zero-order valence-corrected chi connectivity index (χ0v) is 15.0. The molecule has 2 aliphatic rings. The van der Waals surface area contributed by atoms with Crippen LogP contribution in [0.1, 0.15) is 83.6 Å². The van der Waals surface area contributed by atoms with Gasteiger partial charge in [-0.2, -0.15) is 0 Å². The number of hydrogen-bond donors (Lipinski definition) is 0. The van der Waals surface area contributed by atoms with Crippen molar-refractivity contribution >= 4 is 0 Å². The second kappa shape index (κ2) is 8.80. The van der Waals surface area contributed by atoms with Crippen LogP contribution < -0.4 is 0 Å². The highest BCUT2D eigenvalue weighted by Crippen LogP contribution is 2.43. The van der Waals surface area contributed by atoms with E-state index >= 15 is 0 Å². The zero-order valence-electron chi connectivity index (χ0n) is 15.0. The van der Waals surface area contributed by atoms with Crippen LogP contribution in [-0.4, -0.2) is 0 Å². The first-order valence-electron chi connectivity index (χ1n) is 9.58. The SMILES string of the molecule is CC.CC1CCC(C2CCC(c3ccc(F)c(F)c3)CC2)CC1. The Kier molecular flexibility index (Phi) is 7.05. The Labute approximate surface area is 140 Å². The van der Waals surface area contributed by atoms with Crippen molar-refractivity contribution in [2.45, 2.75) is 78.1 Å². The monoisotopic (exact) mass is 322 g/mol. The lowest BCUT2D eigenvalue weighted by atomic mass is 9.68. The Morgan fingerprint density at radius 1 is 0.739 bits per heavy atom. The van der Waals surface area contributed by atoms with Gasteiger partial charge in [0.2, 0.25) is 0 Å². The minimum absolute atomic E-state index is 0.430. The van der Waals surface area contributed by atoms with Crippen LogP contribution in [-0.2, 0) is 0 Å². The second-order valence-electron chi connectivity index (χ2n) is 7.31. The highest BCUT2D eigenvalue weighted by Gasteiger charge is 2.30. The summed E-state index contributed by atoms with van der Waals surface area (Å²) in [5.41, 5.74) is 0.990. The van der Waals surface area contributed by atoms with Gasteiger partial charge in [-0.3, -0.25) is 0 Å². The molecule has 130 valence electrons. The molecule has 1 aromatic rings. The number of benzene rings is 1. The first-order valence-corrected chi connectivity index (χ1v) is 9.58. The number of halogens is 2. The molecule has 0 amide bonds. The first kappa shape index (κ1) is 18.4. The topological polar surface area (TPSA) is 0 Å². The van der Waals surface area contributed by atoms with Gasteiger partial charge in [0.25, 0.3) is 0 Å². The minimum atomic E-state index is -0.733. The van der Waals surface area contributed by atoms with Crippen molar-refractivity contribution in [3.05, 3.63) is 35.4 Å². The predicted molar refractivity (Wildman–Crippen MR) is 93.5 cm³/mol. The molecule has 0 bridgehead atoms. The summed E-state index contributed by atoms with van der Waals surface area (Å²) in [5, 5.41) is 0. The fourth-order valence-electron chi connectivity index (χ4n) is 4.45. The molecule has 0 spiro atoms. The number of hydrogen-bond acceptors (Lipinski definition) is 0. The molecule has 2 fully saturated rings. The van der Waals surface area contributed by atoms with Gasteiger partial charge in [0.05, 0.1) is 0 Å². The minimum Gasteiger partial charge on any atom is -0.204 e. The van der Waals surface area contributed by atoms with Crippen molar-refractivity contribution < 1.29 is 8.78 Å². The van der Waals surface area contributed by atoms with Gasteiger partial charge in [0.1, 0.15) is 0 Å². The summed E-state index contributed by atoms with van der Waals surface area (Å²) in [6.07, 6.45) is 10.4. The third-order valence-corrected chi connectivity index (χ3v) is 5.91. The third kappa shape index (κ3) is 4.78. The summed E-state index contributed by atoms with van der Waals surface area (Å²) < 4.78 is 26.4. The number of rotatable bonds is 2. The molecule has 0 N–H and O–H groups in total. The van der Waals surface area contributed by atoms with Crippen LogP contribution >= 0.6 is 0 Å². The van der Waals surface area contributed by atoms with Crippen LogP contribution in [0.15, 0.2) is 18.2 Å². The van der Waals surface area contributed by atoms with Crippen molar-refractivity contribution in [2.75, 3.05) is 0 Å². The lowest BCUT2D eigenvalue weighted by Crippen LogP contribution is -2.24. The van der Waals surface area contributed by atoms with E-state index in [-0.39, 0.29) is 0 Å². The maximum atomic E-state index is 13.4. The highest BCUT2D eigenvalue weighted by atomic mass is 19.2. The highest BCUT2D eigenvalue weighted by molar-refractivity contribution is 5.22. The molecule has 23 heavy (non-hydrogen) atoms. The van der Waals surface area contributed by atoms with E-state index in [9.17, 15) is 8.78 Å². The zero-order chi connectivity index (χ0) is 16.8. The van der Waals surface area contributed by atoms with E-state index in [0.717, 1.165) is 36.2 Å². The normalized spacial score (nSPS) is 31.2. The summed E-state index contributed by atoms with van der Waals surface area (Å²) in [5.74, 6) is 1.71. The van der Waals surface area contributed by atoms with E-state index in [1.807, 2.05) is 13.8 Å². The molecule has 0 aliphatic heterocycles. The lowest BCUT2D eigenvalue weighted by Gasteiger charge is -2.37. The van der Waals surface area contributed by atoms with E-state index in [1.165, 1.54) is 50.7 Å². The van der Waals surface area contributed by atoms with Crippen LogP contribution in [0.5, 0.6) is 0 Å². The van der Waals surface area contributed by atoms with Gasteiger partial charge >= 0.3 is 0 Å². The molecule has 2 heteroatoms. The lowest BCUT2D eigenvalue weighted by molar-refractivity contribution is 0.165. The Balaban J connectivity index is 0.000000924. The summed E-state index contributed by atoms with van der Waals surface area (Å²) >= 11 is 0. The average Bonchev–Trinajstić information content (AvgIpc) is 2.60. The van der Waals surface area contributed by atoms with Crippen LogP contribution in [0.3, 0.4) is 0 Å². The molecule has 0 nitrogen and oxygen atoms in total. The molecule has 2 saturated carbocycles.